The van der Waals surface area contributed by atoms with Gasteiger partial charge in [0, 0.05) is 31.1 Å². The molecule has 1 unspecified atom stereocenters. The van der Waals surface area contributed by atoms with E-state index in [-0.39, 0.29) is 0 Å². The molecule has 1 amide bonds. The van der Waals surface area contributed by atoms with E-state index in [4.69, 9.17) is 0 Å². The Morgan fingerprint density at radius 3 is 2.38 bits per heavy atom. The fraction of sp³-hybridized carbons (Fsp3) is 0.947. The maximum atomic E-state index is 12.6. The molecule has 4 aliphatic rings. The van der Waals surface area contributed by atoms with Crippen LogP contribution in [-0.2, 0) is 4.79 Å². The van der Waals surface area contributed by atoms with Gasteiger partial charge in [-0.25, -0.2) is 0 Å². The summed E-state index contributed by atoms with van der Waals surface area (Å²) in [6.45, 7) is 7.00. The van der Waals surface area contributed by atoms with Crippen LogP contribution in [0.3, 0.4) is 0 Å². The molecule has 0 radical (unpaired) electrons. The van der Waals surface area contributed by atoms with E-state index in [0.29, 0.717) is 23.3 Å². The highest BCUT2D eigenvalue weighted by molar-refractivity contribution is 5.82. The van der Waals surface area contributed by atoms with Gasteiger partial charge >= 0.3 is 0 Å². The number of amides is 1. The van der Waals surface area contributed by atoms with Gasteiger partial charge in [0.2, 0.25) is 5.91 Å². The van der Waals surface area contributed by atoms with Gasteiger partial charge in [-0.3, -0.25) is 4.79 Å². The third-order valence-corrected chi connectivity index (χ3v) is 7.19. The van der Waals surface area contributed by atoms with E-state index in [1.165, 1.54) is 51.9 Å². The molecule has 5 heteroatoms. The summed E-state index contributed by atoms with van der Waals surface area (Å²) in [6, 6.07) is 1.19. The first-order chi connectivity index (χ1) is 11.7. The molecule has 4 fully saturated rings. The first-order valence-electron chi connectivity index (χ1n) is 10.1. The third-order valence-electron chi connectivity index (χ3n) is 7.19. The summed E-state index contributed by atoms with van der Waals surface area (Å²) < 4.78 is 0. The molecule has 0 aromatic rings. The van der Waals surface area contributed by atoms with Gasteiger partial charge < -0.3 is 20.4 Å². The molecule has 1 saturated carbocycles. The van der Waals surface area contributed by atoms with Crippen molar-refractivity contribution in [2.45, 2.75) is 57.0 Å². The van der Waals surface area contributed by atoms with Crippen molar-refractivity contribution in [3.8, 4) is 0 Å². The second-order valence-electron chi connectivity index (χ2n) is 8.72. The molecule has 0 aromatic heterocycles. The zero-order valence-corrected chi connectivity index (χ0v) is 15.2. The molecule has 3 aliphatic heterocycles. The summed E-state index contributed by atoms with van der Waals surface area (Å²) in [6.07, 6.45) is 8.42. The Bertz CT molecular complexity index is 446. The summed E-state index contributed by atoms with van der Waals surface area (Å²) >= 11 is 0. The molecular formula is C19H34N4O. The summed E-state index contributed by atoms with van der Waals surface area (Å²) in [4.78, 5) is 17.7. The van der Waals surface area contributed by atoms with E-state index in [1.807, 2.05) is 0 Å². The van der Waals surface area contributed by atoms with Gasteiger partial charge in [0.1, 0.15) is 0 Å². The molecule has 3 saturated heterocycles. The van der Waals surface area contributed by atoms with Gasteiger partial charge in [-0.15, -0.1) is 0 Å². The van der Waals surface area contributed by atoms with E-state index in [0.717, 1.165) is 38.4 Å². The molecule has 0 bridgehead atoms. The van der Waals surface area contributed by atoms with Crippen molar-refractivity contribution in [2.24, 2.45) is 11.3 Å². The van der Waals surface area contributed by atoms with Gasteiger partial charge in [0.15, 0.2) is 0 Å². The number of carbonyl (C=O) groups excluding carboxylic acids is 1. The molecule has 5 nitrogen and oxygen atoms in total. The number of carbonyl (C=O) groups is 1. The molecule has 2 N–H and O–H groups in total. The van der Waals surface area contributed by atoms with Crippen LogP contribution in [0.5, 0.6) is 0 Å². The topological polar surface area (TPSA) is 47.6 Å². The molecule has 3 heterocycles. The smallest absolute Gasteiger partial charge is 0.223 e. The number of nitrogens with one attached hydrogen (secondary N) is 2. The predicted octanol–water partition coefficient (Wildman–Crippen LogP) is 1.05. The molecule has 1 spiro atoms. The van der Waals surface area contributed by atoms with Gasteiger partial charge in [0.05, 0.1) is 0 Å². The second-order valence-corrected chi connectivity index (χ2v) is 8.72. The first-order valence-corrected chi connectivity index (χ1v) is 10.1. The summed E-state index contributed by atoms with van der Waals surface area (Å²) in [7, 11) is 2.23. The zero-order valence-electron chi connectivity index (χ0n) is 15.2. The molecule has 1 aliphatic carbocycles. The number of hydrogen-bond acceptors (Lipinski definition) is 4. The molecule has 4 rings (SSSR count). The van der Waals surface area contributed by atoms with Crippen LogP contribution in [0.25, 0.3) is 0 Å². The van der Waals surface area contributed by atoms with Crippen LogP contribution in [0.2, 0.25) is 0 Å². The Morgan fingerprint density at radius 1 is 1.04 bits per heavy atom. The van der Waals surface area contributed by atoms with Crippen LogP contribution in [-0.4, -0.2) is 74.1 Å². The highest BCUT2D eigenvalue weighted by Crippen LogP contribution is 2.58. The predicted molar refractivity (Wildman–Crippen MR) is 95.9 cm³/mol. The number of rotatable bonds is 3. The number of likely N-dealkylation sites (tertiary alicyclic amines) is 2. The van der Waals surface area contributed by atoms with Gasteiger partial charge in [0.25, 0.3) is 0 Å². The van der Waals surface area contributed by atoms with E-state index in [1.54, 1.807) is 0 Å². The first kappa shape index (κ1) is 16.8. The SMILES string of the molecule is CN1CCC(N2CCC(NC(=O)C3CC34CCNCC4)CC2)CC1. The molecule has 136 valence electrons. The maximum absolute atomic E-state index is 12.6. The standard InChI is InChI=1S/C19H34N4O/c1-22-10-4-16(5-11-22)23-12-2-15(3-13-23)21-18(24)17-14-19(17)6-8-20-9-7-19/h15-17,20H,2-14H2,1H3,(H,21,24). The lowest BCUT2D eigenvalue weighted by Gasteiger charge is -2.41. The van der Waals surface area contributed by atoms with Crippen molar-refractivity contribution in [1.82, 2.24) is 20.4 Å². The van der Waals surface area contributed by atoms with Crippen molar-refractivity contribution < 1.29 is 4.79 Å². The third kappa shape index (κ3) is 3.49. The fourth-order valence-electron chi connectivity index (χ4n) is 5.27. The Labute approximate surface area is 146 Å². The van der Waals surface area contributed by atoms with Gasteiger partial charge in [-0.1, -0.05) is 0 Å². The highest BCUT2D eigenvalue weighted by Gasteiger charge is 2.57. The van der Waals surface area contributed by atoms with Crippen LogP contribution >= 0.6 is 0 Å². The molecule has 0 aromatic carbocycles. The van der Waals surface area contributed by atoms with Crippen molar-refractivity contribution >= 4 is 5.91 Å². The van der Waals surface area contributed by atoms with E-state index in [2.05, 4.69) is 27.5 Å². The zero-order chi connectivity index (χ0) is 16.6. The number of nitrogens with zero attached hydrogens (tertiary/aromatic N) is 2. The minimum atomic E-state index is 0.312. The Balaban J connectivity index is 1.20. The monoisotopic (exact) mass is 334 g/mol. The summed E-state index contributed by atoms with van der Waals surface area (Å²) in [5.41, 5.74) is 0.365. The molecule has 1 atom stereocenters. The highest BCUT2D eigenvalue weighted by atomic mass is 16.2. The molecular weight excluding hydrogens is 300 g/mol. The second kappa shape index (κ2) is 6.93. The summed E-state index contributed by atoms with van der Waals surface area (Å²) in [5, 5.41) is 6.81. The van der Waals surface area contributed by atoms with E-state index < -0.39 is 0 Å². The van der Waals surface area contributed by atoms with Gasteiger partial charge in [-0.05, 0) is 83.6 Å². The number of piperidine rings is 3. The van der Waals surface area contributed by atoms with Crippen LogP contribution in [0.15, 0.2) is 0 Å². The van der Waals surface area contributed by atoms with Gasteiger partial charge in [-0.2, -0.15) is 0 Å². The van der Waals surface area contributed by atoms with Crippen molar-refractivity contribution in [3.05, 3.63) is 0 Å². The largest absolute Gasteiger partial charge is 0.353 e. The van der Waals surface area contributed by atoms with Crippen LogP contribution in [0, 0.1) is 11.3 Å². The summed E-state index contributed by atoms with van der Waals surface area (Å²) in [5.74, 6) is 0.668. The number of hydrogen-bond donors (Lipinski definition) is 2. The van der Waals surface area contributed by atoms with Crippen molar-refractivity contribution in [3.63, 3.8) is 0 Å². The minimum absolute atomic E-state index is 0.312. The lowest BCUT2D eigenvalue weighted by atomic mass is 9.91. The van der Waals surface area contributed by atoms with Crippen LogP contribution in [0.4, 0.5) is 0 Å². The average molecular weight is 335 g/mol. The minimum Gasteiger partial charge on any atom is -0.353 e. The Hall–Kier alpha value is -0.650. The van der Waals surface area contributed by atoms with Crippen molar-refractivity contribution in [1.29, 1.82) is 0 Å². The molecule has 24 heavy (non-hydrogen) atoms. The lowest BCUT2D eigenvalue weighted by molar-refractivity contribution is -0.124. The van der Waals surface area contributed by atoms with E-state index in [9.17, 15) is 4.79 Å². The van der Waals surface area contributed by atoms with Crippen molar-refractivity contribution in [2.75, 3.05) is 46.3 Å². The van der Waals surface area contributed by atoms with Crippen LogP contribution < -0.4 is 10.6 Å². The lowest BCUT2D eigenvalue weighted by Crippen LogP contribution is -2.51. The Kier molecular flexibility index (Phi) is 4.85. The average Bonchev–Trinajstić information content (AvgIpc) is 3.30. The van der Waals surface area contributed by atoms with Crippen LogP contribution in [0.1, 0.15) is 44.9 Å². The maximum Gasteiger partial charge on any atom is 0.223 e. The fourth-order valence-corrected chi connectivity index (χ4v) is 5.27. The van der Waals surface area contributed by atoms with E-state index >= 15 is 0 Å². The Morgan fingerprint density at radius 2 is 1.71 bits per heavy atom. The quantitative estimate of drug-likeness (QED) is 0.810. The normalized spacial score (nSPS) is 32.8.